The molecule has 0 amide bonds. The first-order valence-electron chi connectivity index (χ1n) is 6.17. The maximum absolute atomic E-state index is 5.98. The molecule has 0 atom stereocenters. The summed E-state index contributed by atoms with van der Waals surface area (Å²) in [5.74, 6) is 1.88. The lowest BCUT2D eigenvalue weighted by molar-refractivity contribution is 0.178. The third kappa shape index (κ3) is 2.56. The summed E-state index contributed by atoms with van der Waals surface area (Å²) >= 11 is 0. The van der Waals surface area contributed by atoms with Gasteiger partial charge in [-0.1, -0.05) is 24.6 Å². The van der Waals surface area contributed by atoms with E-state index in [1.165, 1.54) is 30.4 Å². The van der Waals surface area contributed by atoms with Crippen LogP contribution in [0.4, 0.5) is 0 Å². The Kier molecular flexibility index (Phi) is 3.83. The highest BCUT2D eigenvalue weighted by atomic mass is 16.5. The molecule has 88 valence electrons. The molecule has 1 fully saturated rings. The first-order valence-corrected chi connectivity index (χ1v) is 6.17. The Labute approximate surface area is 98.0 Å². The monoisotopic (exact) mass is 219 g/mol. The number of benzene rings is 1. The van der Waals surface area contributed by atoms with E-state index in [0.717, 1.165) is 24.8 Å². The van der Waals surface area contributed by atoms with Crippen molar-refractivity contribution in [1.29, 1.82) is 0 Å². The molecule has 1 saturated carbocycles. The van der Waals surface area contributed by atoms with E-state index in [1.807, 2.05) is 7.05 Å². The molecule has 0 unspecified atom stereocenters. The average Bonchev–Trinajstić information content (AvgIpc) is 2.20. The van der Waals surface area contributed by atoms with Crippen LogP contribution in [0.1, 0.15) is 30.4 Å². The summed E-state index contributed by atoms with van der Waals surface area (Å²) in [4.78, 5) is 0. The van der Waals surface area contributed by atoms with E-state index in [1.54, 1.807) is 0 Å². The smallest absolute Gasteiger partial charge is 0.126 e. The van der Waals surface area contributed by atoms with Gasteiger partial charge in [0.2, 0.25) is 0 Å². The SMILES string of the molecule is CNCc1cccc(C)c1OCC1CCC1. The van der Waals surface area contributed by atoms with Crippen molar-refractivity contribution in [3.05, 3.63) is 29.3 Å². The van der Waals surface area contributed by atoms with Gasteiger partial charge in [0.25, 0.3) is 0 Å². The van der Waals surface area contributed by atoms with Crippen LogP contribution in [0, 0.1) is 12.8 Å². The number of hydrogen-bond donors (Lipinski definition) is 1. The fraction of sp³-hybridized carbons (Fsp3) is 0.571. The molecule has 2 heteroatoms. The topological polar surface area (TPSA) is 21.3 Å². The van der Waals surface area contributed by atoms with Crippen LogP contribution >= 0.6 is 0 Å². The molecule has 0 radical (unpaired) electrons. The third-order valence-electron chi connectivity index (χ3n) is 3.35. The standard InChI is InChI=1S/C14H21NO/c1-11-5-3-8-13(9-15-2)14(11)16-10-12-6-4-7-12/h3,5,8,12,15H,4,6-7,9-10H2,1-2H3. The van der Waals surface area contributed by atoms with E-state index in [-0.39, 0.29) is 0 Å². The molecule has 0 bridgehead atoms. The lowest BCUT2D eigenvalue weighted by atomic mass is 9.86. The number of rotatable bonds is 5. The summed E-state index contributed by atoms with van der Waals surface area (Å²) < 4.78 is 5.98. The van der Waals surface area contributed by atoms with Gasteiger partial charge in [0.05, 0.1) is 6.61 Å². The predicted octanol–water partition coefficient (Wildman–Crippen LogP) is 2.89. The molecule has 0 aliphatic heterocycles. The molecular formula is C14H21NO. The van der Waals surface area contributed by atoms with Crippen LogP contribution in [-0.2, 0) is 6.54 Å². The Hall–Kier alpha value is -1.02. The summed E-state index contributed by atoms with van der Waals surface area (Å²) in [5, 5.41) is 3.19. The van der Waals surface area contributed by atoms with Crippen molar-refractivity contribution in [2.24, 2.45) is 5.92 Å². The molecular weight excluding hydrogens is 198 g/mol. The zero-order valence-corrected chi connectivity index (χ0v) is 10.3. The van der Waals surface area contributed by atoms with Gasteiger partial charge in [-0.3, -0.25) is 0 Å². The van der Waals surface area contributed by atoms with Gasteiger partial charge >= 0.3 is 0 Å². The molecule has 0 spiro atoms. The fourth-order valence-corrected chi connectivity index (χ4v) is 2.11. The van der Waals surface area contributed by atoms with Crippen molar-refractivity contribution in [2.45, 2.75) is 32.7 Å². The quantitative estimate of drug-likeness (QED) is 0.822. The molecule has 1 aromatic carbocycles. The third-order valence-corrected chi connectivity index (χ3v) is 3.35. The first kappa shape index (κ1) is 11.5. The second kappa shape index (κ2) is 5.35. The van der Waals surface area contributed by atoms with Crippen molar-refractivity contribution >= 4 is 0 Å². The van der Waals surface area contributed by atoms with Gasteiger partial charge in [0, 0.05) is 12.1 Å². The van der Waals surface area contributed by atoms with Crippen LogP contribution in [0.25, 0.3) is 0 Å². The zero-order chi connectivity index (χ0) is 11.4. The summed E-state index contributed by atoms with van der Waals surface area (Å²) in [6.07, 6.45) is 4.06. The molecule has 2 rings (SSSR count). The molecule has 1 aliphatic carbocycles. The normalized spacial score (nSPS) is 15.9. The molecule has 0 saturated heterocycles. The van der Waals surface area contributed by atoms with Gasteiger partial charge in [-0.2, -0.15) is 0 Å². The van der Waals surface area contributed by atoms with E-state index in [0.29, 0.717) is 0 Å². The first-order chi connectivity index (χ1) is 7.81. The Morgan fingerprint density at radius 2 is 2.19 bits per heavy atom. The minimum absolute atomic E-state index is 0.794. The van der Waals surface area contributed by atoms with Crippen LogP contribution in [-0.4, -0.2) is 13.7 Å². The van der Waals surface area contributed by atoms with Gasteiger partial charge in [0.1, 0.15) is 5.75 Å². The maximum atomic E-state index is 5.98. The van der Waals surface area contributed by atoms with Crippen LogP contribution in [0.15, 0.2) is 18.2 Å². The lowest BCUT2D eigenvalue weighted by Gasteiger charge is -2.26. The van der Waals surface area contributed by atoms with Gasteiger partial charge in [-0.25, -0.2) is 0 Å². The number of aryl methyl sites for hydroxylation is 1. The highest BCUT2D eigenvalue weighted by Gasteiger charge is 2.18. The Morgan fingerprint density at radius 3 is 2.81 bits per heavy atom. The molecule has 1 aliphatic rings. The highest BCUT2D eigenvalue weighted by molar-refractivity contribution is 5.40. The van der Waals surface area contributed by atoms with E-state index in [9.17, 15) is 0 Å². The zero-order valence-electron chi connectivity index (χ0n) is 10.3. The van der Waals surface area contributed by atoms with Gasteiger partial charge in [0.15, 0.2) is 0 Å². The van der Waals surface area contributed by atoms with Crippen molar-refractivity contribution in [1.82, 2.24) is 5.32 Å². The summed E-state index contributed by atoms with van der Waals surface area (Å²) in [6, 6.07) is 6.35. The average molecular weight is 219 g/mol. The van der Waals surface area contributed by atoms with Gasteiger partial charge in [-0.15, -0.1) is 0 Å². The van der Waals surface area contributed by atoms with Crippen LogP contribution < -0.4 is 10.1 Å². The van der Waals surface area contributed by atoms with Crippen LogP contribution in [0.3, 0.4) is 0 Å². The largest absolute Gasteiger partial charge is 0.493 e. The second-order valence-corrected chi connectivity index (χ2v) is 4.70. The molecule has 0 heterocycles. The summed E-state index contributed by atoms with van der Waals surface area (Å²) in [7, 11) is 1.97. The summed E-state index contributed by atoms with van der Waals surface area (Å²) in [5.41, 5.74) is 2.51. The minimum Gasteiger partial charge on any atom is -0.493 e. The molecule has 1 aromatic rings. The van der Waals surface area contributed by atoms with E-state index < -0.39 is 0 Å². The molecule has 2 nitrogen and oxygen atoms in total. The van der Waals surface area contributed by atoms with Crippen LogP contribution in [0.2, 0.25) is 0 Å². The van der Waals surface area contributed by atoms with Crippen molar-refractivity contribution < 1.29 is 4.74 Å². The van der Waals surface area contributed by atoms with E-state index >= 15 is 0 Å². The maximum Gasteiger partial charge on any atom is 0.126 e. The number of nitrogens with one attached hydrogen (secondary N) is 1. The number of para-hydroxylation sites is 1. The van der Waals surface area contributed by atoms with Gasteiger partial charge < -0.3 is 10.1 Å². The summed E-state index contributed by atoms with van der Waals surface area (Å²) in [6.45, 7) is 3.89. The van der Waals surface area contributed by atoms with Crippen molar-refractivity contribution in [3.8, 4) is 5.75 Å². The Morgan fingerprint density at radius 1 is 1.38 bits per heavy atom. The minimum atomic E-state index is 0.794. The van der Waals surface area contributed by atoms with Crippen molar-refractivity contribution in [2.75, 3.05) is 13.7 Å². The van der Waals surface area contributed by atoms with Crippen LogP contribution in [0.5, 0.6) is 5.75 Å². The van der Waals surface area contributed by atoms with Gasteiger partial charge in [-0.05, 0) is 38.3 Å². The number of hydrogen-bond acceptors (Lipinski definition) is 2. The molecule has 1 N–H and O–H groups in total. The highest BCUT2D eigenvalue weighted by Crippen LogP contribution is 2.29. The Bertz CT molecular complexity index is 345. The van der Waals surface area contributed by atoms with E-state index in [4.69, 9.17) is 4.74 Å². The molecule has 16 heavy (non-hydrogen) atoms. The predicted molar refractivity (Wildman–Crippen MR) is 66.8 cm³/mol. The number of ether oxygens (including phenoxy) is 1. The Balaban J connectivity index is 2.03. The van der Waals surface area contributed by atoms with E-state index in [2.05, 4.69) is 30.4 Å². The van der Waals surface area contributed by atoms with Crippen molar-refractivity contribution in [3.63, 3.8) is 0 Å². The lowest BCUT2D eigenvalue weighted by Crippen LogP contribution is -2.20. The molecule has 0 aromatic heterocycles. The fourth-order valence-electron chi connectivity index (χ4n) is 2.11. The second-order valence-electron chi connectivity index (χ2n) is 4.70.